The Balaban J connectivity index is 1.76. The number of carbonyl (C=O) groups is 1. The Kier molecular flexibility index (Phi) is 6.98. The van der Waals surface area contributed by atoms with E-state index in [1.807, 2.05) is 24.3 Å². The third-order valence-electron chi connectivity index (χ3n) is 4.45. The summed E-state index contributed by atoms with van der Waals surface area (Å²) >= 11 is 0. The lowest BCUT2D eigenvalue weighted by molar-refractivity contribution is -0.119. The zero-order valence-electron chi connectivity index (χ0n) is 16.6. The van der Waals surface area contributed by atoms with E-state index in [0.717, 1.165) is 16.3 Å². The Morgan fingerprint density at radius 2 is 1.53 bits per heavy atom. The molecule has 0 aliphatic carbocycles. The van der Waals surface area contributed by atoms with Crippen LogP contribution >= 0.6 is 0 Å². The molecule has 1 N–H and O–H groups in total. The van der Waals surface area contributed by atoms with Crippen LogP contribution in [0.15, 0.2) is 94.9 Å². The molecule has 0 saturated carbocycles. The Hall–Kier alpha value is -3.45. The third-order valence-corrected chi connectivity index (χ3v) is 6.24. The standard InChI is InChI=1S/C23H23N3O3S/c1-2-19-13-15-20(16-14-19)17-24-25-23(27)18-26(21-9-5-3-6-10-21)30(28,29)22-11-7-4-8-12-22/h3-17H,2,18H2,1H3,(H,25,27). The molecule has 6 nitrogen and oxygen atoms in total. The highest BCUT2D eigenvalue weighted by Gasteiger charge is 2.26. The molecule has 30 heavy (non-hydrogen) atoms. The molecule has 3 aromatic carbocycles. The van der Waals surface area contributed by atoms with Gasteiger partial charge in [0.15, 0.2) is 0 Å². The van der Waals surface area contributed by atoms with Crippen molar-refractivity contribution in [3.05, 3.63) is 96.1 Å². The number of aryl methyl sites for hydroxylation is 1. The summed E-state index contributed by atoms with van der Waals surface area (Å²) in [6.07, 6.45) is 2.47. The fourth-order valence-corrected chi connectivity index (χ4v) is 4.26. The monoisotopic (exact) mass is 421 g/mol. The number of carbonyl (C=O) groups excluding carboxylic acids is 1. The topological polar surface area (TPSA) is 78.8 Å². The van der Waals surface area contributed by atoms with Gasteiger partial charge in [-0.3, -0.25) is 9.10 Å². The molecule has 0 bridgehead atoms. The van der Waals surface area contributed by atoms with Crippen molar-refractivity contribution in [1.29, 1.82) is 0 Å². The van der Waals surface area contributed by atoms with E-state index in [4.69, 9.17) is 0 Å². The number of para-hydroxylation sites is 1. The highest BCUT2D eigenvalue weighted by molar-refractivity contribution is 7.92. The predicted octanol–water partition coefficient (Wildman–Crippen LogP) is 3.59. The van der Waals surface area contributed by atoms with Crippen LogP contribution in [0.25, 0.3) is 0 Å². The summed E-state index contributed by atoms with van der Waals surface area (Å²) in [6.45, 7) is 1.68. The van der Waals surface area contributed by atoms with E-state index >= 15 is 0 Å². The van der Waals surface area contributed by atoms with E-state index in [0.29, 0.717) is 5.69 Å². The van der Waals surface area contributed by atoms with Crippen molar-refractivity contribution in [2.75, 3.05) is 10.8 Å². The largest absolute Gasteiger partial charge is 0.271 e. The van der Waals surface area contributed by atoms with Crippen LogP contribution in [0.4, 0.5) is 5.69 Å². The SMILES string of the molecule is CCc1ccc(C=NNC(=O)CN(c2ccccc2)S(=O)(=O)c2ccccc2)cc1. The smallest absolute Gasteiger partial charge is 0.264 e. The molecule has 0 aromatic heterocycles. The summed E-state index contributed by atoms with van der Waals surface area (Å²) < 4.78 is 27.3. The first-order valence-corrected chi connectivity index (χ1v) is 11.0. The van der Waals surface area contributed by atoms with Crippen molar-refractivity contribution in [2.45, 2.75) is 18.2 Å². The number of hydrogen-bond donors (Lipinski definition) is 1. The van der Waals surface area contributed by atoms with Gasteiger partial charge in [-0.2, -0.15) is 5.10 Å². The first-order valence-electron chi connectivity index (χ1n) is 9.54. The summed E-state index contributed by atoms with van der Waals surface area (Å²) in [5, 5.41) is 3.95. The predicted molar refractivity (Wildman–Crippen MR) is 119 cm³/mol. The number of rotatable bonds is 8. The molecule has 0 aliphatic rings. The summed E-state index contributed by atoms with van der Waals surface area (Å²) in [6, 6.07) is 24.3. The van der Waals surface area contributed by atoms with Gasteiger partial charge in [0.1, 0.15) is 6.54 Å². The quantitative estimate of drug-likeness (QED) is 0.446. The summed E-state index contributed by atoms with van der Waals surface area (Å²) in [5.41, 5.74) is 4.85. The zero-order chi connectivity index (χ0) is 21.4. The number of hydrazone groups is 1. The second-order valence-corrected chi connectivity index (χ2v) is 8.41. The Morgan fingerprint density at radius 1 is 0.933 bits per heavy atom. The second-order valence-electron chi connectivity index (χ2n) is 6.55. The molecule has 154 valence electrons. The fourth-order valence-electron chi connectivity index (χ4n) is 2.81. The van der Waals surface area contributed by atoms with Crippen molar-refractivity contribution >= 4 is 27.8 Å². The number of sulfonamides is 1. The molecule has 0 fully saturated rings. The van der Waals surface area contributed by atoms with Gasteiger partial charge in [0.05, 0.1) is 16.8 Å². The van der Waals surface area contributed by atoms with E-state index in [1.54, 1.807) is 48.5 Å². The van der Waals surface area contributed by atoms with Gasteiger partial charge in [-0.15, -0.1) is 0 Å². The lowest BCUT2D eigenvalue weighted by atomic mass is 10.1. The van der Waals surface area contributed by atoms with Crippen LogP contribution < -0.4 is 9.73 Å². The number of amides is 1. The van der Waals surface area contributed by atoms with Crippen LogP contribution in [0.3, 0.4) is 0 Å². The van der Waals surface area contributed by atoms with E-state index in [2.05, 4.69) is 17.5 Å². The third kappa shape index (κ3) is 5.33. The fraction of sp³-hybridized carbons (Fsp3) is 0.130. The number of anilines is 1. The molecule has 7 heteroatoms. The number of hydrogen-bond acceptors (Lipinski definition) is 4. The average Bonchev–Trinajstić information content (AvgIpc) is 2.79. The van der Waals surface area contributed by atoms with Gasteiger partial charge < -0.3 is 0 Å². The lowest BCUT2D eigenvalue weighted by Crippen LogP contribution is -2.39. The number of benzene rings is 3. The molecular formula is C23H23N3O3S. The summed E-state index contributed by atoms with van der Waals surface area (Å²) in [7, 11) is -3.91. The van der Waals surface area contributed by atoms with Crippen molar-refractivity contribution < 1.29 is 13.2 Å². The molecule has 0 radical (unpaired) electrons. The minimum atomic E-state index is -3.91. The van der Waals surface area contributed by atoms with Crippen LogP contribution in [0.2, 0.25) is 0 Å². The molecule has 0 saturated heterocycles. The van der Waals surface area contributed by atoms with Crippen LogP contribution in [-0.2, 0) is 21.2 Å². The van der Waals surface area contributed by atoms with Gasteiger partial charge in [-0.25, -0.2) is 13.8 Å². The van der Waals surface area contributed by atoms with Gasteiger partial charge in [0, 0.05) is 0 Å². The molecule has 0 heterocycles. The zero-order valence-corrected chi connectivity index (χ0v) is 17.4. The van der Waals surface area contributed by atoms with Crippen molar-refractivity contribution in [1.82, 2.24) is 5.43 Å². The van der Waals surface area contributed by atoms with Crippen LogP contribution in [0, 0.1) is 0 Å². The lowest BCUT2D eigenvalue weighted by Gasteiger charge is -2.23. The molecule has 1 amide bonds. The van der Waals surface area contributed by atoms with Gasteiger partial charge in [-0.05, 0) is 41.8 Å². The maximum absolute atomic E-state index is 13.1. The highest BCUT2D eigenvalue weighted by Crippen LogP contribution is 2.23. The molecule has 0 atom stereocenters. The maximum Gasteiger partial charge on any atom is 0.264 e. The summed E-state index contributed by atoms with van der Waals surface area (Å²) in [4.78, 5) is 12.6. The molecule has 0 unspecified atom stereocenters. The minimum absolute atomic E-state index is 0.112. The van der Waals surface area contributed by atoms with Gasteiger partial charge in [0.2, 0.25) is 0 Å². The average molecular weight is 422 g/mol. The van der Waals surface area contributed by atoms with Crippen LogP contribution in [0.5, 0.6) is 0 Å². The van der Waals surface area contributed by atoms with Gasteiger partial charge in [0.25, 0.3) is 15.9 Å². The molecule has 0 aliphatic heterocycles. The minimum Gasteiger partial charge on any atom is -0.271 e. The Bertz CT molecular complexity index is 1100. The van der Waals surface area contributed by atoms with E-state index in [1.165, 1.54) is 23.9 Å². The van der Waals surface area contributed by atoms with E-state index in [9.17, 15) is 13.2 Å². The van der Waals surface area contributed by atoms with Gasteiger partial charge in [-0.1, -0.05) is 67.6 Å². The normalized spacial score (nSPS) is 11.4. The molecule has 3 rings (SSSR count). The highest BCUT2D eigenvalue weighted by atomic mass is 32.2. The van der Waals surface area contributed by atoms with Crippen LogP contribution in [-0.4, -0.2) is 27.1 Å². The van der Waals surface area contributed by atoms with Gasteiger partial charge >= 0.3 is 0 Å². The Morgan fingerprint density at radius 3 is 2.13 bits per heavy atom. The Labute approximate surface area is 176 Å². The first kappa shape index (κ1) is 21.3. The van der Waals surface area contributed by atoms with Crippen molar-refractivity contribution in [3.8, 4) is 0 Å². The summed E-state index contributed by atoms with van der Waals surface area (Å²) in [5.74, 6) is -0.542. The molecular weight excluding hydrogens is 398 g/mol. The maximum atomic E-state index is 13.1. The van der Waals surface area contributed by atoms with E-state index in [-0.39, 0.29) is 4.90 Å². The number of nitrogens with zero attached hydrogens (tertiary/aromatic N) is 2. The van der Waals surface area contributed by atoms with Crippen molar-refractivity contribution in [3.63, 3.8) is 0 Å². The second kappa shape index (κ2) is 9.84. The van der Waals surface area contributed by atoms with Crippen molar-refractivity contribution in [2.24, 2.45) is 5.10 Å². The van der Waals surface area contributed by atoms with E-state index < -0.39 is 22.5 Å². The van der Waals surface area contributed by atoms with Crippen LogP contribution in [0.1, 0.15) is 18.1 Å². The number of nitrogens with one attached hydrogen (secondary N) is 1. The molecule has 3 aromatic rings. The molecule has 0 spiro atoms. The first-order chi connectivity index (χ1) is 14.5.